The number of piperidine rings is 1. The van der Waals surface area contributed by atoms with Gasteiger partial charge >= 0.3 is 6.09 Å². The Labute approximate surface area is 197 Å². The summed E-state index contributed by atoms with van der Waals surface area (Å²) in [5.41, 5.74) is 5.39. The van der Waals surface area contributed by atoms with Gasteiger partial charge in [-0.2, -0.15) is 5.26 Å². The number of nitrogens with zero attached hydrogens (tertiary/aromatic N) is 3. The average Bonchev–Trinajstić information content (AvgIpc) is 2.75. The predicted octanol–water partition coefficient (Wildman–Crippen LogP) is 3.65. The fourth-order valence-corrected chi connectivity index (χ4v) is 3.77. The number of nitriles is 1. The van der Waals surface area contributed by atoms with Crippen molar-refractivity contribution in [3.05, 3.63) is 58.3 Å². The van der Waals surface area contributed by atoms with E-state index in [9.17, 15) is 19.2 Å². The number of ether oxygens (including phenoxy) is 1. The Morgan fingerprint density at radius 1 is 1.29 bits per heavy atom. The number of benzene rings is 1. The summed E-state index contributed by atoms with van der Waals surface area (Å²) in [6.07, 6.45) is 2.19. The second kappa shape index (κ2) is 9.95. The topological polar surface area (TPSA) is 137 Å². The lowest BCUT2D eigenvalue weighted by Gasteiger charge is -2.42. The number of likely N-dealkylation sites (tertiary alicyclic amines) is 1. The van der Waals surface area contributed by atoms with E-state index in [0.717, 1.165) is 0 Å². The number of amidine groups is 1. The summed E-state index contributed by atoms with van der Waals surface area (Å²) < 4.78 is 18.7. The molecule has 0 radical (unpaired) electrons. The van der Waals surface area contributed by atoms with Gasteiger partial charge in [-0.1, -0.05) is 0 Å². The van der Waals surface area contributed by atoms with E-state index in [1.54, 1.807) is 11.0 Å². The van der Waals surface area contributed by atoms with E-state index in [1.807, 2.05) is 20.8 Å². The zero-order chi connectivity index (χ0) is 24.9. The number of hydrogen-bond acceptors (Lipinski definition) is 6. The first-order chi connectivity index (χ1) is 16.0. The molecule has 0 aliphatic carbocycles. The summed E-state index contributed by atoms with van der Waals surface area (Å²) in [4.78, 5) is 33.6. The first-order valence-electron chi connectivity index (χ1n) is 11.0. The summed E-state index contributed by atoms with van der Waals surface area (Å²) in [6, 6.07) is 9.28. The van der Waals surface area contributed by atoms with Gasteiger partial charge in [-0.25, -0.2) is 14.2 Å². The molecule has 1 aliphatic heterocycles. The van der Waals surface area contributed by atoms with Crippen LogP contribution in [0.2, 0.25) is 0 Å². The third kappa shape index (κ3) is 6.13. The van der Waals surface area contributed by atoms with E-state index in [2.05, 4.69) is 21.4 Å². The van der Waals surface area contributed by atoms with E-state index >= 15 is 0 Å². The normalized spacial score (nSPS) is 16.0. The fraction of sp³-hybridized carbons (Fsp3) is 0.417. The Hall–Kier alpha value is -3.87. The summed E-state index contributed by atoms with van der Waals surface area (Å²) in [5, 5.41) is 12.8. The SMILES string of the molecule is CC(C)(C)OC(=O)N1CCC(CC#N)(Nc2cc[nH]c(=O)c2C(N)=Nc2ccc(F)cc2)CC1. The molecule has 0 bridgehead atoms. The van der Waals surface area contributed by atoms with Gasteiger partial charge in [0.1, 0.15) is 22.8 Å². The van der Waals surface area contributed by atoms with E-state index in [0.29, 0.717) is 37.3 Å². The highest BCUT2D eigenvalue weighted by Gasteiger charge is 2.38. The number of aliphatic imine (C=N–C) groups is 1. The molecule has 180 valence electrons. The number of amides is 1. The highest BCUT2D eigenvalue weighted by molar-refractivity contribution is 6.03. The van der Waals surface area contributed by atoms with Crippen LogP contribution >= 0.6 is 0 Å². The Kier molecular flexibility index (Phi) is 7.25. The maximum atomic E-state index is 13.2. The number of rotatable bonds is 5. The highest BCUT2D eigenvalue weighted by Crippen LogP contribution is 2.31. The summed E-state index contributed by atoms with van der Waals surface area (Å²) in [6.45, 7) is 6.21. The molecule has 34 heavy (non-hydrogen) atoms. The quantitative estimate of drug-likeness (QED) is 0.453. The van der Waals surface area contributed by atoms with Gasteiger partial charge in [0, 0.05) is 19.3 Å². The number of carbonyl (C=O) groups is 1. The maximum Gasteiger partial charge on any atom is 0.410 e. The number of carbonyl (C=O) groups excluding carboxylic acids is 1. The average molecular weight is 469 g/mol. The van der Waals surface area contributed by atoms with E-state index in [-0.39, 0.29) is 17.8 Å². The summed E-state index contributed by atoms with van der Waals surface area (Å²) >= 11 is 0. The standard InChI is InChI=1S/C24H29FN6O3/c1-23(2,3)34-22(33)31-14-10-24(9-12-26,11-15-31)30-18-8-13-28-21(32)19(18)20(27)29-17-6-4-16(25)5-7-17/h4-8,13H,9-11,14-15H2,1-3H3,(H2,27,29)(H2,28,30,32). The van der Waals surface area contributed by atoms with E-state index in [1.165, 1.54) is 30.5 Å². The third-order valence-electron chi connectivity index (χ3n) is 5.48. The molecular formula is C24H29FN6O3. The molecule has 0 spiro atoms. The maximum absolute atomic E-state index is 13.2. The molecule has 1 fully saturated rings. The van der Waals surface area contributed by atoms with Crippen molar-refractivity contribution in [2.24, 2.45) is 10.7 Å². The number of aromatic amines is 1. The predicted molar refractivity (Wildman–Crippen MR) is 127 cm³/mol. The van der Waals surface area contributed by atoms with Crippen LogP contribution in [-0.2, 0) is 4.74 Å². The van der Waals surface area contributed by atoms with Gasteiger partial charge in [0.05, 0.1) is 29.4 Å². The van der Waals surface area contributed by atoms with Crippen molar-refractivity contribution < 1.29 is 13.9 Å². The Morgan fingerprint density at radius 3 is 2.53 bits per heavy atom. The molecule has 1 aromatic heterocycles. The number of halogens is 1. The largest absolute Gasteiger partial charge is 0.444 e. The first kappa shape index (κ1) is 24.8. The number of pyridine rings is 1. The lowest BCUT2D eigenvalue weighted by atomic mass is 9.84. The number of anilines is 1. The molecule has 0 unspecified atom stereocenters. The van der Waals surface area contributed by atoms with Crippen LogP contribution in [0.25, 0.3) is 0 Å². The molecule has 1 aromatic carbocycles. The minimum Gasteiger partial charge on any atom is -0.444 e. The van der Waals surface area contributed by atoms with Crippen LogP contribution in [0.3, 0.4) is 0 Å². The van der Waals surface area contributed by atoms with Crippen LogP contribution in [-0.4, -0.2) is 46.0 Å². The number of nitrogens with one attached hydrogen (secondary N) is 2. The zero-order valence-corrected chi connectivity index (χ0v) is 19.5. The van der Waals surface area contributed by atoms with Crippen molar-refractivity contribution in [1.29, 1.82) is 5.26 Å². The van der Waals surface area contributed by atoms with Crippen LogP contribution < -0.4 is 16.6 Å². The summed E-state index contributed by atoms with van der Waals surface area (Å²) in [5.74, 6) is -0.456. The van der Waals surface area contributed by atoms with Crippen molar-refractivity contribution in [1.82, 2.24) is 9.88 Å². The van der Waals surface area contributed by atoms with E-state index < -0.39 is 28.6 Å². The molecule has 0 atom stereocenters. The van der Waals surface area contributed by atoms with Crippen LogP contribution in [0, 0.1) is 17.1 Å². The minimum absolute atomic E-state index is 0.0470. The van der Waals surface area contributed by atoms with Crippen molar-refractivity contribution in [2.45, 2.75) is 51.2 Å². The lowest BCUT2D eigenvalue weighted by Crippen LogP contribution is -2.52. The molecule has 2 aromatic rings. The van der Waals surface area contributed by atoms with Crippen molar-refractivity contribution in [3.63, 3.8) is 0 Å². The molecule has 2 heterocycles. The van der Waals surface area contributed by atoms with Crippen LogP contribution in [0.1, 0.15) is 45.6 Å². The van der Waals surface area contributed by atoms with E-state index in [4.69, 9.17) is 10.5 Å². The van der Waals surface area contributed by atoms with Crippen molar-refractivity contribution in [2.75, 3.05) is 18.4 Å². The van der Waals surface area contributed by atoms with Gasteiger partial charge in [0.25, 0.3) is 5.56 Å². The second-order valence-electron chi connectivity index (χ2n) is 9.28. The molecule has 1 amide bonds. The third-order valence-corrected chi connectivity index (χ3v) is 5.48. The molecule has 1 saturated heterocycles. The Bertz CT molecular complexity index is 1150. The molecule has 9 nitrogen and oxygen atoms in total. The number of H-pyrrole nitrogens is 1. The van der Waals surface area contributed by atoms with Crippen LogP contribution in [0.15, 0.2) is 46.3 Å². The van der Waals surface area contributed by atoms with Gasteiger partial charge in [0.2, 0.25) is 0 Å². The number of hydrogen-bond donors (Lipinski definition) is 3. The van der Waals surface area contributed by atoms with Gasteiger partial charge in [-0.05, 0) is 63.9 Å². The highest BCUT2D eigenvalue weighted by atomic mass is 19.1. The molecular weight excluding hydrogens is 439 g/mol. The molecule has 4 N–H and O–H groups in total. The Balaban J connectivity index is 1.85. The first-order valence-corrected chi connectivity index (χ1v) is 11.0. The second-order valence-corrected chi connectivity index (χ2v) is 9.28. The summed E-state index contributed by atoms with van der Waals surface area (Å²) in [7, 11) is 0. The number of aromatic nitrogens is 1. The molecule has 0 saturated carbocycles. The lowest BCUT2D eigenvalue weighted by molar-refractivity contribution is 0.0179. The molecule has 1 aliphatic rings. The zero-order valence-electron chi connectivity index (χ0n) is 19.5. The van der Waals surface area contributed by atoms with Crippen LogP contribution in [0.4, 0.5) is 20.6 Å². The molecule has 3 rings (SSSR count). The number of nitrogens with two attached hydrogens (primary N) is 1. The molecule has 10 heteroatoms. The monoisotopic (exact) mass is 468 g/mol. The smallest absolute Gasteiger partial charge is 0.410 e. The van der Waals surface area contributed by atoms with Gasteiger partial charge < -0.3 is 25.7 Å². The Morgan fingerprint density at radius 2 is 1.94 bits per heavy atom. The van der Waals surface area contributed by atoms with Crippen LogP contribution in [0.5, 0.6) is 0 Å². The fourth-order valence-electron chi connectivity index (χ4n) is 3.77. The van der Waals surface area contributed by atoms with Gasteiger partial charge in [-0.3, -0.25) is 4.79 Å². The van der Waals surface area contributed by atoms with Crippen molar-refractivity contribution >= 4 is 23.3 Å². The van der Waals surface area contributed by atoms with Gasteiger partial charge in [-0.15, -0.1) is 0 Å². The minimum atomic E-state index is -0.675. The van der Waals surface area contributed by atoms with Gasteiger partial charge in [0.15, 0.2) is 0 Å². The van der Waals surface area contributed by atoms with Crippen molar-refractivity contribution in [3.8, 4) is 6.07 Å².